The molecule has 0 aromatic heterocycles. The van der Waals surface area contributed by atoms with Crippen LogP contribution in [0.4, 0.5) is 10.1 Å². The molecule has 0 unspecified atom stereocenters. The summed E-state index contributed by atoms with van der Waals surface area (Å²) in [5.74, 6) is -0.709. The van der Waals surface area contributed by atoms with Crippen LogP contribution < -0.4 is 4.72 Å². The van der Waals surface area contributed by atoms with Crippen LogP contribution in [0, 0.1) is 5.82 Å². The summed E-state index contributed by atoms with van der Waals surface area (Å²) < 4.78 is 51.2. The molecule has 2 aromatic carbocycles. The first kappa shape index (κ1) is 14.7. The number of rotatable bonds is 4. The molecule has 0 saturated heterocycles. The van der Waals surface area contributed by atoms with Gasteiger partial charge in [-0.15, -0.1) is 0 Å². The van der Waals surface area contributed by atoms with E-state index in [0.29, 0.717) is 0 Å². The molecule has 0 aliphatic heterocycles. The van der Waals surface area contributed by atoms with E-state index in [1.165, 1.54) is 30.5 Å². The van der Waals surface area contributed by atoms with Crippen LogP contribution in [-0.2, 0) is 20.8 Å². The summed E-state index contributed by atoms with van der Waals surface area (Å²) in [4.78, 5) is 0.121. The second-order valence-corrected chi connectivity index (χ2v) is 7.05. The Morgan fingerprint density at radius 1 is 1.10 bits per heavy atom. The summed E-state index contributed by atoms with van der Waals surface area (Å²) in [5, 5.41) is 0. The van der Waals surface area contributed by atoms with Gasteiger partial charge < -0.3 is 0 Å². The number of halogens is 1. The minimum absolute atomic E-state index is 0.0349. The van der Waals surface area contributed by atoms with E-state index in [0.717, 1.165) is 6.07 Å². The van der Waals surface area contributed by atoms with Crippen molar-refractivity contribution in [3.05, 3.63) is 54.3 Å². The standard InChI is InChI=1S/C13H12FNO3S2/c1-19(16)13-8-7-10(9-12(13)14)15-20(17,18)11-5-3-2-4-6-11/h2-9,15H,1H3/t19-/m0/s1. The Bertz CT molecular complexity index is 745. The van der Waals surface area contributed by atoms with E-state index in [1.807, 2.05) is 0 Å². The Morgan fingerprint density at radius 3 is 2.30 bits per heavy atom. The van der Waals surface area contributed by atoms with Crippen LogP contribution in [-0.4, -0.2) is 18.9 Å². The van der Waals surface area contributed by atoms with Gasteiger partial charge in [-0.2, -0.15) is 0 Å². The molecule has 106 valence electrons. The molecule has 7 heteroatoms. The quantitative estimate of drug-likeness (QED) is 0.942. The number of hydrogen-bond acceptors (Lipinski definition) is 3. The van der Waals surface area contributed by atoms with Gasteiger partial charge in [0.25, 0.3) is 10.0 Å². The highest BCUT2D eigenvalue weighted by molar-refractivity contribution is 7.92. The predicted molar refractivity (Wildman–Crippen MR) is 76.0 cm³/mol. The molecule has 0 aliphatic carbocycles. The summed E-state index contributed by atoms with van der Waals surface area (Å²) in [7, 11) is -5.22. The van der Waals surface area contributed by atoms with Gasteiger partial charge in [0.15, 0.2) is 0 Å². The molecular weight excluding hydrogens is 301 g/mol. The van der Waals surface area contributed by atoms with Crippen molar-refractivity contribution in [1.82, 2.24) is 0 Å². The van der Waals surface area contributed by atoms with Crippen LogP contribution >= 0.6 is 0 Å². The van der Waals surface area contributed by atoms with Crippen LogP contribution in [0.3, 0.4) is 0 Å². The fraction of sp³-hybridized carbons (Fsp3) is 0.0769. The van der Waals surface area contributed by atoms with Gasteiger partial charge in [0.2, 0.25) is 0 Å². The van der Waals surface area contributed by atoms with Crippen LogP contribution in [0.2, 0.25) is 0 Å². The maximum Gasteiger partial charge on any atom is 0.261 e. The van der Waals surface area contributed by atoms with Crippen molar-refractivity contribution < 1.29 is 17.0 Å². The predicted octanol–water partition coefficient (Wildman–Crippen LogP) is 2.36. The SMILES string of the molecule is C[S@](=O)c1ccc(NS(=O)(=O)c2ccccc2)cc1F. The topological polar surface area (TPSA) is 63.2 Å². The molecule has 0 saturated carbocycles. The zero-order valence-corrected chi connectivity index (χ0v) is 12.2. The normalized spacial score (nSPS) is 12.9. The monoisotopic (exact) mass is 313 g/mol. The molecule has 0 heterocycles. The molecule has 1 N–H and O–H groups in total. The van der Waals surface area contributed by atoms with Gasteiger partial charge in [0.1, 0.15) is 5.82 Å². The summed E-state index contributed by atoms with van der Waals surface area (Å²) in [6, 6.07) is 11.5. The average Bonchev–Trinajstić information content (AvgIpc) is 2.39. The summed E-state index contributed by atoms with van der Waals surface area (Å²) >= 11 is 0. The summed E-state index contributed by atoms with van der Waals surface area (Å²) in [5.41, 5.74) is 0.0838. The third-order valence-electron chi connectivity index (χ3n) is 2.55. The maximum absolute atomic E-state index is 13.7. The van der Waals surface area contributed by atoms with E-state index >= 15 is 0 Å². The number of sulfonamides is 1. The van der Waals surface area contributed by atoms with Crippen molar-refractivity contribution in [2.45, 2.75) is 9.79 Å². The van der Waals surface area contributed by atoms with Gasteiger partial charge in [-0.1, -0.05) is 18.2 Å². The van der Waals surface area contributed by atoms with Crippen molar-refractivity contribution in [2.75, 3.05) is 11.0 Å². The minimum atomic E-state index is -3.76. The van der Waals surface area contributed by atoms with Gasteiger partial charge in [0.05, 0.1) is 26.3 Å². The van der Waals surface area contributed by atoms with Crippen LogP contribution in [0.15, 0.2) is 58.3 Å². The molecule has 0 fully saturated rings. The second-order valence-electron chi connectivity index (χ2n) is 4.02. The molecule has 2 aromatic rings. The highest BCUT2D eigenvalue weighted by Gasteiger charge is 2.15. The van der Waals surface area contributed by atoms with Crippen molar-refractivity contribution in [3.8, 4) is 0 Å². The number of benzene rings is 2. The van der Waals surface area contributed by atoms with E-state index in [1.54, 1.807) is 18.2 Å². The lowest BCUT2D eigenvalue weighted by Crippen LogP contribution is -2.13. The third-order valence-corrected chi connectivity index (χ3v) is 4.89. The van der Waals surface area contributed by atoms with Crippen molar-refractivity contribution in [2.24, 2.45) is 0 Å². The molecule has 1 atom stereocenters. The van der Waals surface area contributed by atoms with E-state index in [4.69, 9.17) is 0 Å². The fourth-order valence-electron chi connectivity index (χ4n) is 1.61. The zero-order chi connectivity index (χ0) is 14.8. The first-order valence-electron chi connectivity index (χ1n) is 5.61. The molecule has 4 nitrogen and oxygen atoms in total. The number of hydrogen-bond donors (Lipinski definition) is 1. The highest BCUT2D eigenvalue weighted by atomic mass is 32.2. The van der Waals surface area contributed by atoms with Gasteiger partial charge in [-0.3, -0.25) is 8.93 Å². The lowest BCUT2D eigenvalue weighted by atomic mass is 10.3. The average molecular weight is 313 g/mol. The Morgan fingerprint density at radius 2 is 1.75 bits per heavy atom. The molecule has 0 radical (unpaired) electrons. The van der Waals surface area contributed by atoms with E-state index < -0.39 is 26.6 Å². The molecule has 20 heavy (non-hydrogen) atoms. The fourth-order valence-corrected chi connectivity index (χ4v) is 3.27. The first-order chi connectivity index (χ1) is 9.40. The minimum Gasteiger partial charge on any atom is -0.280 e. The van der Waals surface area contributed by atoms with Crippen molar-refractivity contribution in [1.29, 1.82) is 0 Å². The van der Waals surface area contributed by atoms with Crippen molar-refractivity contribution >= 4 is 26.5 Å². The van der Waals surface area contributed by atoms with Crippen LogP contribution in [0.1, 0.15) is 0 Å². The molecule has 0 spiro atoms. The van der Waals surface area contributed by atoms with Crippen LogP contribution in [0.5, 0.6) is 0 Å². The zero-order valence-electron chi connectivity index (χ0n) is 10.5. The molecular formula is C13H12FNO3S2. The Kier molecular flexibility index (Phi) is 4.20. The largest absolute Gasteiger partial charge is 0.280 e. The molecule has 0 bridgehead atoms. The lowest BCUT2D eigenvalue weighted by molar-refractivity contribution is 0.596. The van der Waals surface area contributed by atoms with Gasteiger partial charge in [0, 0.05) is 6.26 Å². The third kappa shape index (κ3) is 3.23. The second kappa shape index (κ2) is 5.72. The highest BCUT2D eigenvalue weighted by Crippen LogP contribution is 2.20. The molecule has 0 amide bonds. The molecule has 0 aliphatic rings. The summed E-state index contributed by atoms with van der Waals surface area (Å²) in [6.45, 7) is 0. The molecule has 2 rings (SSSR count). The summed E-state index contributed by atoms with van der Waals surface area (Å²) in [6.07, 6.45) is 1.35. The number of nitrogens with one attached hydrogen (secondary N) is 1. The van der Waals surface area contributed by atoms with Crippen molar-refractivity contribution in [3.63, 3.8) is 0 Å². The van der Waals surface area contributed by atoms with Gasteiger partial charge >= 0.3 is 0 Å². The van der Waals surface area contributed by atoms with Gasteiger partial charge in [-0.25, -0.2) is 12.8 Å². The van der Waals surface area contributed by atoms with E-state index in [2.05, 4.69) is 4.72 Å². The first-order valence-corrected chi connectivity index (χ1v) is 8.65. The Labute approximate surface area is 119 Å². The Hall–Kier alpha value is -1.73. The van der Waals surface area contributed by atoms with Crippen LogP contribution in [0.25, 0.3) is 0 Å². The Balaban J connectivity index is 2.31. The van der Waals surface area contributed by atoms with E-state index in [9.17, 15) is 17.0 Å². The van der Waals surface area contributed by atoms with Gasteiger partial charge in [-0.05, 0) is 30.3 Å². The van der Waals surface area contributed by atoms with E-state index in [-0.39, 0.29) is 15.5 Å². The maximum atomic E-state index is 13.7. The lowest BCUT2D eigenvalue weighted by Gasteiger charge is -2.09. The number of anilines is 1. The smallest absolute Gasteiger partial charge is 0.261 e.